The predicted molar refractivity (Wildman–Crippen MR) is 152 cm³/mol. The van der Waals surface area contributed by atoms with Crippen molar-refractivity contribution in [3.63, 3.8) is 0 Å². The van der Waals surface area contributed by atoms with E-state index in [9.17, 15) is 5.11 Å². The second-order valence-electron chi connectivity index (χ2n) is 14.2. The first-order chi connectivity index (χ1) is 16.8. The molecule has 0 aliphatic carbocycles. The van der Waals surface area contributed by atoms with Gasteiger partial charge in [-0.25, -0.2) is 0 Å². The molecule has 0 saturated carbocycles. The Labute approximate surface area is 224 Å². The second-order valence-corrected chi connectivity index (χ2v) is 14.2. The molecular formula is C31H61N3O2. The van der Waals surface area contributed by atoms with E-state index in [2.05, 4.69) is 83.9 Å². The van der Waals surface area contributed by atoms with E-state index in [0.717, 1.165) is 50.9 Å². The fourth-order valence-corrected chi connectivity index (χ4v) is 7.26. The molecule has 0 amide bonds. The molecule has 5 nitrogen and oxygen atoms in total. The molecule has 0 bridgehead atoms. The molecule has 0 aromatic heterocycles. The van der Waals surface area contributed by atoms with Crippen molar-refractivity contribution < 1.29 is 9.84 Å². The molecule has 5 heteroatoms. The van der Waals surface area contributed by atoms with Crippen molar-refractivity contribution >= 4 is 0 Å². The fraction of sp³-hybridized carbons (Fsp3) is 1.00. The molecule has 8 unspecified atom stereocenters. The van der Waals surface area contributed by atoms with Gasteiger partial charge >= 0.3 is 0 Å². The Morgan fingerprint density at radius 2 is 1.31 bits per heavy atom. The van der Waals surface area contributed by atoms with E-state index in [4.69, 9.17) is 4.74 Å². The first-order valence-electron chi connectivity index (χ1n) is 15.4. The highest BCUT2D eigenvalue weighted by atomic mass is 16.5. The van der Waals surface area contributed by atoms with Gasteiger partial charge in [0.25, 0.3) is 0 Å². The van der Waals surface area contributed by atoms with Crippen molar-refractivity contribution in [3.05, 3.63) is 0 Å². The summed E-state index contributed by atoms with van der Waals surface area (Å²) >= 11 is 0. The number of aliphatic hydroxyl groups is 1. The molecule has 3 saturated heterocycles. The van der Waals surface area contributed by atoms with Gasteiger partial charge in [-0.3, -0.25) is 14.7 Å². The number of piperidine rings is 1. The van der Waals surface area contributed by atoms with Crippen LogP contribution in [0, 0.1) is 29.6 Å². The van der Waals surface area contributed by atoms with Crippen LogP contribution in [-0.2, 0) is 4.74 Å². The Bertz CT molecular complexity index is 654. The molecule has 3 fully saturated rings. The maximum Gasteiger partial charge on any atom is 0.0732 e. The summed E-state index contributed by atoms with van der Waals surface area (Å²) < 4.78 is 6.94. The van der Waals surface area contributed by atoms with Gasteiger partial charge in [-0.15, -0.1) is 0 Å². The van der Waals surface area contributed by atoms with Crippen LogP contribution < -0.4 is 0 Å². The summed E-state index contributed by atoms with van der Waals surface area (Å²) in [5.74, 6) is 3.27. The third kappa shape index (κ3) is 7.91. The van der Waals surface area contributed by atoms with Crippen molar-refractivity contribution in [3.8, 4) is 0 Å². The predicted octanol–water partition coefficient (Wildman–Crippen LogP) is 5.36. The van der Waals surface area contributed by atoms with E-state index in [-0.39, 0.29) is 6.10 Å². The van der Waals surface area contributed by atoms with Crippen LogP contribution in [0.15, 0.2) is 0 Å². The van der Waals surface area contributed by atoms with Crippen LogP contribution in [0.5, 0.6) is 0 Å². The van der Waals surface area contributed by atoms with E-state index in [1.807, 2.05) is 0 Å². The molecule has 0 aromatic carbocycles. The third-order valence-corrected chi connectivity index (χ3v) is 9.98. The van der Waals surface area contributed by atoms with Gasteiger partial charge in [-0.1, -0.05) is 27.7 Å². The van der Waals surface area contributed by atoms with Crippen LogP contribution in [0.4, 0.5) is 0 Å². The smallest absolute Gasteiger partial charge is 0.0732 e. The van der Waals surface area contributed by atoms with Crippen LogP contribution in [0.2, 0.25) is 0 Å². The van der Waals surface area contributed by atoms with Crippen LogP contribution in [0.3, 0.4) is 0 Å². The minimum absolute atomic E-state index is 0.189. The molecule has 1 N–H and O–H groups in total. The molecule has 0 spiro atoms. The van der Waals surface area contributed by atoms with Crippen LogP contribution >= 0.6 is 0 Å². The van der Waals surface area contributed by atoms with E-state index >= 15 is 0 Å². The van der Waals surface area contributed by atoms with E-state index in [1.54, 1.807) is 0 Å². The molecule has 3 heterocycles. The molecule has 36 heavy (non-hydrogen) atoms. The van der Waals surface area contributed by atoms with E-state index < -0.39 is 0 Å². The van der Waals surface area contributed by atoms with Gasteiger partial charge in [0.1, 0.15) is 0 Å². The Kier molecular flexibility index (Phi) is 11.2. The average molecular weight is 508 g/mol. The lowest BCUT2D eigenvalue weighted by molar-refractivity contribution is -0.125. The van der Waals surface area contributed by atoms with Crippen LogP contribution in [0.25, 0.3) is 0 Å². The minimum Gasteiger partial charge on any atom is -0.392 e. The highest BCUT2D eigenvalue weighted by Gasteiger charge is 2.40. The lowest BCUT2D eigenvalue weighted by atomic mass is 9.81. The lowest BCUT2D eigenvalue weighted by Gasteiger charge is -2.45. The molecule has 8 atom stereocenters. The van der Waals surface area contributed by atoms with Crippen molar-refractivity contribution in [1.29, 1.82) is 0 Å². The molecular weight excluding hydrogens is 446 g/mol. The lowest BCUT2D eigenvalue weighted by Crippen LogP contribution is -2.53. The minimum atomic E-state index is -0.189. The number of hydrogen-bond acceptors (Lipinski definition) is 5. The summed E-state index contributed by atoms with van der Waals surface area (Å²) in [6.07, 6.45) is 5.06. The molecule has 3 rings (SSSR count). The van der Waals surface area contributed by atoms with Crippen molar-refractivity contribution in [1.82, 2.24) is 14.7 Å². The Morgan fingerprint density at radius 1 is 0.667 bits per heavy atom. The number of rotatable bonds is 10. The van der Waals surface area contributed by atoms with Crippen LogP contribution in [0.1, 0.15) is 94.9 Å². The number of hydrogen-bond donors (Lipinski definition) is 1. The summed E-state index contributed by atoms with van der Waals surface area (Å²) in [7, 11) is 0. The maximum atomic E-state index is 10.5. The summed E-state index contributed by atoms with van der Waals surface area (Å²) in [6.45, 7) is 28.9. The van der Waals surface area contributed by atoms with E-state index in [1.165, 1.54) is 19.4 Å². The van der Waals surface area contributed by atoms with Gasteiger partial charge in [0, 0.05) is 56.9 Å². The summed E-state index contributed by atoms with van der Waals surface area (Å²) in [5, 5.41) is 10.5. The first kappa shape index (κ1) is 30.3. The Balaban J connectivity index is 1.63. The molecule has 0 aromatic rings. The van der Waals surface area contributed by atoms with Gasteiger partial charge < -0.3 is 9.84 Å². The zero-order valence-corrected chi connectivity index (χ0v) is 25.5. The quantitative estimate of drug-likeness (QED) is 0.431. The van der Waals surface area contributed by atoms with Gasteiger partial charge in [0.2, 0.25) is 0 Å². The summed E-state index contributed by atoms with van der Waals surface area (Å²) in [5.41, 5.74) is 0. The standard InChI is InChI=1S/C31H61N3O2/c1-20(2)26-13-28(34(16-26)23(7)8)11-25(10)31-19-33(22(5)6)18-30(36-31)12-24(9)27-14-29(35)17-32(15-27)21(3)4/h20-31,35H,11-19H2,1-10H3. The normalized spacial score (nSPS) is 35.4. The topological polar surface area (TPSA) is 39.2 Å². The highest BCUT2D eigenvalue weighted by Crippen LogP contribution is 2.36. The highest BCUT2D eigenvalue weighted by molar-refractivity contribution is 4.92. The largest absolute Gasteiger partial charge is 0.392 e. The van der Waals surface area contributed by atoms with Gasteiger partial charge in [-0.05, 0) is 96.8 Å². The molecule has 0 radical (unpaired) electrons. The zero-order valence-electron chi connectivity index (χ0n) is 25.5. The van der Waals surface area contributed by atoms with Crippen molar-refractivity contribution in [2.24, 2.45) is 29.6 Å². The first-order valence-corrected chi connectivity index (χ1v) is 15.4. The van der Waals surface area contributed by atoms with Gasteiger partial charge in [0.15, 0.2) is 0 Å². The maximum absolute atomic E-state index is 10.5. The number of aliphatic hydroxyl groups excluding tert-OH is 1. The number of ether oxygens (including phenoxy) is 1. The number of nitrogens with zero attached hydrogens (tertiary/aromatic N) is 3. The summed E-state index contributed by atoms with van der Waals surface area (Å²) in [4.78, 5) is 7.91. The number of likely N-dealkylation sites (tertiary alicyclic amines) is 2. The summed E-state index contributed by atoms with van der Waals surface area (Å²) in [6, 6.07) is 2.36. The molecule has 212 valence electrons. The fourth-order valence-electron chi connectivity index (χ4n) is 7.26. The Hall–Kier alpha value is -0.200. The van der Waals surface area contributed by atoms with Crippen LogP contribution in [-0.4, -0.2) is 95.0 Å². The number of morpholine rings is 1. The second kappa shape index (κ2) is 13.2. The molecule has 3 aliphatic heterocycles. The Morgan fingerprint density at radius 3 is 1.89 bits per heavy atom. The van der Waals surface area contributed by atoms with Crippen molar-refractivity contribution in [2.75, 3.05) is 32.7 Å². The monoisotopic (exact) mass is 507 g/mol. The third-order valence-electron chi connectivity index (χ3n) is 9.98. The van der Waals surface area contributed by atoms with Gasteiger partial charge in [-0.2, -0.15) is 0 Å². The van der Waals surface area contributed by atoms with Crippen molar-refractivity contribution in [2.45, 2.75) is 137 Å². The molecule has 3 aliphatic rings. The SMILES string of the molecule is CC(C)C1CC(CC(C)C2CN(C(C)C)CC(CC(C)C3CC(O)CN(C(C)C)C3)O2)N(C(C)C)C1. The van der Waals surface area contributed by atoms with Gasteiger partial charge in [0.05, 0.1) is 18.3 Å². The zero-order chi connectivity index (χ0) is 26.7. The average Bonchev–Trinajstić information content (AvgIpc) is 3.22. The van der Waals surface area contributed by atoms with E-state index in [0.29, 0.717) is 54.1 Å². The number of β-amino-alcohol motifs (C(OH)–C–C–N with tert-alkyl or cyclic N) is 1.